The fraction of sp³-hybridized carbons (Fsp3) is 0.429. The topological polar surface area (TPSA) is 58.9 Å². The van der Waals surface area contributed by atoms with Gasteiger partial charge in [-0.1, -0.05) is 6.07 Å². The summed E-state index contributed by atoms with van der Waals surface area (Å²) in [7, 11) is 0. The molecule has 2 N–H and O–H groups in total. The van der Waals surface area contributed by atoms with E-state index >= 15 is 0 Å². The molecule has 0 saturated carbocycles. The zero-order valence-electron chi connectivity index (χ0n) is 11.6. The molecule has 20 heavy (non-hydrogen) atoms. The molecule has 0 aromatic carbocycles. The van der Waals surface area contributed by atoms with Crippen LogP contribution in [0.4, 0.5) is 0 Å². The number of fused-ring (bicyclic) bond motifs is 1. The zero-order chi connectivity index (χ0) is 13.9. The van der Waals surface area contributed by atoms with Gasteiger partial charge in [0, 0.05) is 36.5 Å². The van der Waals surface area contributed by atoms with Crippen molar-refractivity contribution >= 4 is 23.4 Å². The third-order valence-electron chi connectivity index (χ3n) is 3.48. The van der Waals surface area contributed by atoms with Crippen LogP contribution in [0.1, 0.15) is 11.4 Å². The minimum Gasteiger partial charge on any atom is -0.370 e. The Morgan fingerprint density at radius 1 is 1.40 bits per heavy atom. The van der Waals surface area contributed by atoms with Crippen molar-refractivity contribution in [2.24, 2.45) is 10.7 Å². The van der Waals surface area contributed by atoms with E-state index in [-0.39, 0.29) is 0 Å². The zero-order valence-corrected chi connectivity index (χ0v) is 12.4. The van der Waals surface area contributed by atoms with Gasteiger partial charge >= 0.3 is 0 Å². The first kappa shape index (κ1) is 13.3. The lowest BCUT2D eigenvalue weighted by atomic mass is 10.4. The van der Waals surface area contributed by atoms with Crippen molar-refractivity contribution in [1.82, 2.24) is 14.3 Å². The van der Waals surface area contributed by atoms with Crippen LogP contribution in [-0.2, 0) is 6.54 Å². The van der Waals surface area contributed by atoms with Gasteiger partial charge in [-0.3, -0.25) is 0 Å². The van der Waals surface area contributed by atoms with Gasteiger partial charge in [0.1, 0.15) is 5.65 Å². The maximum atomic E-state index is 6.05. The van der Waals surface area contributed by atoms with E-state index in [1.54, 1.807) is 0 Å². The molecule has 106 valence electrons. The molecule has 3 rings (SSSR count). The van der Waals surface area contributed by atoms with Crippen LogP contribution in [0.25, 0.3) is 5.65 Å². The van der Waals surface area contributed by atoms with Crippen LogP contribution in [0.3, 0.4) is 0 Å². The quantitative estimate of drug-likeness (QED) is 0.672. The average molecular weight is 289 g/mol. The highest BCUT2D eigenvalue weighted by Crippen LogP contribution is 2.11. The van der Waals surface area contributed by atoms with E-state index in [1.807, 2.05) is 30.1 Å². The van der Waals surface area contributed by atoms with Crippen LogP contribution in [0.15, 0.2) is 29.4 Å². The Morgan fingerprint density at radius 2 is 2.20 bits per heavy atom. The van der Waals surface area contributed by atoms with E-state index in [2.05, 4.69) is 32.3 Å². The van der Waals surface area contributed by atoms with Crippen molar-refractivity contribution in [3.8, 4) is 0 Å². The van der Waals surface area contributed by atoms with E-state index in [0.29, 0.717) is 12.5 Å². The Morgan fingerprint density at radius 3 is 2.95 bits per heavy atom. The van der Waals surface area contributed by atoms with Crippen molar-refractivity contribution in [3.63, 3.8) is 0 Å². The van der Waals surface area contributed by atoms with Gasteiger partial charge < -0.3 is 15.0 Å². The third-order valence-corrected chi connectivity index (χ3v) is 4.43. The summed E-state index contributed by atoms with van der Waals surface area (Å²) >= 11 is 1.97. The molecule has 1 aliphatic rings. The number of aryl methyl sites for hydroxylation is 1. The number of guanidine groups is 1. The van der Waals surface area contributed by atoms with Gasteiger partial charge in [-0.05, 0) is 19.1 Å². The molecular formula is C14H19N5S. The number of nitrogens with zero attached hydrogens (tertiary/aromatic N) is 4. The SMILES string of the molecule is Cc1cccc2nc(CN=C(N)N3CCSCC3)cn12. The smallest absolute Gasteiger partial charge is 0.191 e. The van der Waals surface area contributed by atoms with Gasteiger partial charge in [-0.2, -0.15) is 11.8 Å². The first-order valence-electron chi connectivity index (χ1n) is 6.80. The fourth-order valence-corrected chi connectivity index (χ4v) is 3.23. The maximum absolute atomic E-state index is 6.05. The highest BCUT2D eigenvalue weighted by atomic mass is 32.2. The summed E-state index contributed by atoms with van der Waals surface area (Å²) in [6, 6.07) is 6.09. The number of hydrogen-bond donors (Lipinski definition) is 1. The third kappa shape index (κ3) is 2.75. The van der Waals surface area contributed by atoms with Crippen molar-refractivity contribution in [2.45, 2.75) is 13.5 Å². The number of thioether (sulfide) groups is 1. The number of nitrogens with two attached hydrogens (primary N) is 1. The molecule has 3 heterocycles. The van der Waals surface area contributed by atoms with E-state index in [1.165, 1.54) is 5.69 Å². The molecule has 2 aromatic heterocycles. The van der Waals surface area contributed by atoms with Crippen molar-refractivity contribution < 1.29 is 0 Å². The number of imidazole rings is 1. The number of pyridine rings is 1. The van der Waals surface area contributed by atoms with Gasteiger partial charge in [0.05, 0.1) is 12.2 Å². The minimum atomic E-state index is 0.538. The Hall–Kier alpha value is -1.69. The van der Waals surface area contributed by atoms with Crippen molar-refractivity contribution in [2.75, 3.05) is 24.6 Å². The largest absolute Gasteiger partial charge is 0.370 e. The summed E-state index contributed by atoms with van der Waals surface area (Å²) in [5.41, 5.74) is 9.14. The molecule has 0 radical (unpaired) electrons. The lowest BCUT2D eigenvalue weighted by Gasteiger charge is -2.27. The molecule has 0 atom stereocenters. The van der Waals surface area contributed by atoms with E-state index < -0.39 is 0 Å². The normalized spacial score (nSPS) is 16.9. The second-order valence-electron chi connectivity index (χ2n) is 4.90. The van der Waals surface area contributed by atoms with Crippen LogP contribution in [0, 0.1) is 6.92 Å². The summed E-state index contributed by atoms with van der Waals surface area (Å²) in [6.45, 7) is 4.59. The van der Waals surface area contributed by atoms with Gasteiger partial charge in [-0.15, -0.1) is 0 Å². The highest BCUT2D eigenvalue weighted by molar-refractivity contribution is 7.99. The summed E-state index contributed by atoms with van der Waals surface area (Å²) in [6.07, 6.45) is 2.04. The van der Waals surface area contributed by atoms with E-state index in [9.17, 15) is 0 Å². The van der Waals surface area contributed by atoms with Crippen LogP contribution < -0.4 is 5.73 Å². The fourth-order valence-electron chi connectivity index (χ4n) is 2.33. The summed E-state index contributed by atoms with van der Waals surface area (Å²) in [4.78, 5) is 11.2. The molecule has 5 nitrogen and oxygen atoms in total. The van der Waals surface area contributed by atoms with Gasteiger partial charge in [0.15, 0.2) is 5.96 Å². The number of hydrogen-bond acceptors (Lipinski definition) is 3. The maximum Gasteiger partial charge on any atom is 0.191 e. The van der Waals surface area contributed by atoms with E-state index in [4.69, 9.17) is 5.73 Å². The molecule has 1 fully saturated rings. The molecule has 0 amide bonds. The van der Waals surface area contributed by atoms with Gasteiger partial charge in [0.2, 0.25) is 0 Å². The predicted molar refractivity (Wildman–Crippen MR) is 84.2 cm³/mol. The molecule has 0 unspecified atom stereocenters. The molecule has 1 aliphatic heterocycles. The molecule has 6 heteroatoms. The van der Waals surface area contributed by atoms with Crippen molar-refractivity contribution in [1.29, 1.82) is 0 Å². The number of aromatic nitrogens is 2. The first-order chi connectivity index (χ1) is 9.74. The minimum absolute atomic E-state index is 0.538. The molecule has 0 spiro atoms. The summed E-state index contributed by atoms with van der Waals surface area (Å²) in [5, 5.41) is 0. The average Bonchev–Trinajstić information content (AvgIpc) is 2.90. The Kier molecular flexibility index (Phi) is 3.82. The van der Waals surface area contributed by atoms with Crippen LogP contribution in [0.2, 0.25) is 0 Å². The Bertz CT molecular complexity index is 628. The van der Waals surface area contributed by atoms with Crippen molar-refractivity contribution in [3.05, 3.63) is 35.8 Å². The summed E-state index contributed by atoms with van der Waals surface area (Å²) in [5.74, 6) is 2.90. The van der Waals surface area contributed by atoms with Gasteiger partial charge in [0.25, 0.3) is 0 Å². The number of aliphatic imine (C=N–C) groups is 1. The van der Waals surface area contributed by atoms with Crippen LogP contribution in [0.5, 0.6) is 0 Å². The molecular weight excluding hydrogens is 270 g/mol. The monoisotopic (exact) mass is 289 g/mol. The first-order valence-corrected chi connectivity index (χ1v) is 7.96. The van der Waals surface area contributed by atoms with Gasteiger partial charge in [-0.25, -0.2) is 9.98 Å². The molecule has 1 saturated heterocycles. The lowest BCUT2D eigenvalue weighted by Crippen LogP contribution is -2.42. The Balaban J connectivity index is 1.74. The molecule has 0 bridgehead atoms. The number of rotatable bonds is 2. The standard InChI is InChI=1S/C14H19N5S/c1-11-3-2-4-13-17-12(10-19(11)13)9-16-14(15)18-5-7-20-8-6-18/h2-4,10H,5-9H2,1H3,(H2,15,16). The second kappa shape index (κ2) is 5.75. The predicted octanol–water partition coefficient (Wildman–Crippen LogP) is 1.51. The van der Waals surface area contributed by atoms with Crippen LogP contribution >= 0.6 is 11.8 Å². The second-order valence-corrected chi connectivity index (χ2v) is 6.13. The van der Waals surface area contributed by atoms with Crippen LogP contribution in [-0.4, -0.2) is 44.8 Å². The van der Waals surface area contributed by atoms with E-state index in [0.717, 1.165) is 35.9 Å². The Labute approximate surface area is 122 Å². The molecule has 0 aliphatic carbocycles. The lowest BCUT2D eigenvalue weighted by molar-refractivity contribution is 0.455. The highest BCUT2D eigenvalue weighted by Gasteiger charge is 2.12. The summed E-state index contributed by atoms with van der Waals surface area (Å²) < 4.78 is 2.08. The molecule has 2 aromatic rings.